The molecule has 5 heteroatoms. The molecule has 0 unspecified atom stereocenters. The van der Waals surface area contributed by atoms with Gasteiger partial charge in [-0.3, -0.25) is 9.59 Å². The maximum atomic E-state index is 13.0. The Morgan fingerprint density at radius 1 is 1.15 bits per heavy atom. The summed E-state index contributed by atoms with van der Waals surface area (Å²) in [6.45, 7) is 2.05. The highest BCUT2D eigenvalue weighted by molar-refractivity contribution is 5.86. The van der Waals surface area contributed by atoms with Crippen molar-refractivity contribution < 1.29 is 14.3 Å². The first kappa shape index (κ1) is 23.3. The average molecular weight is 377 g/mol. The molecule has 1 aliphatic rings. The number of hydrogen-bond donors (Lipinski definition) is 2. The van der Waals surface area contributed by atoms with Gasteiger partial charge >= 0.3 is 5.97 Å². The van der Waals surface area contributed by atoms with Crippen LogP contribution in [0.3, 0.4) is 0 Å². The highest BCUT2D eigenvalue weighted by Crippen LogP contribution is 2.33. The number of benzene rings is 1. The van der Waals surface area contributed by atoms with Crippen LogP contribution in [0, 0.1) is 17.8 Å². The largest absolute Gasteiger partial charge is 0.469 e. The van der Waals surface area contributed by atoms with Crippen molar-refractivity contribution in [1.82, 2.24) is 0 Å². The highest BCUT2D eigenvalue weighted by atomic mass is 16.5. The van der Waals surface area contributed by atoms with Crippen LogP contribution < -0.4 is 11.5 Å². The van der Waals surface area contributed by atoms with E-state index in [1.165, 1.54) is 14.2 Å². The van der Waals surface area contributed by atoms with Crippen molar-refractivity contribution in [3.05, 3.63) is 35.9 Å². The van der Waals surface area contributed by atoms with Gasteiger partial charge in [-0.2, -0.15) is 0 Å². The Kier molecular flexibility index (Phi) is 10.9. The smallest absolute Gasteiger partial charge is 0.309 e. The monoisotopic (exact) mass is 376 g/mol. The first-order valence-corrected chi connectivity index (χ1v) is 10.0. The average Bonchev–Trinajstić information content (AvgIpc) is 2.71. The number of Topliss-reactive ketones (excluding diaryl/α,β-unsaturated/α-hetero) is 1. The number of esters is 1. The van der Waals surface area contributed by atoms with Crippen molar-refractivity contribution in [3.63, 3.8) is 0 Å². The molecule has 0 bridgehead atoms. The van der Waals surface area contributed by atoms with Crippen LogP contribution in [0.1, 0.15) is 51.0 Å². The molecule has 0 aliphatic heterocycles. The van der Waals surface area contributed by atoms with Gasteiger partial charge in [0.1, 0.15) is 5.78 Å². The van der Waals surface area contributed by atoms with Crippen LogP contribution >= 0.6 is 0 Å². The van der Waals surface area contributed by atoms with Gasteiger partial charge in [0.15, 0.2) is 0 Å². The normalized spacial score (nSPS) is 21.4. The van der Waals surface area contributed by atoms with Crippen LogP contribution in [-0.2, 0) is 20.7 Å². The van der Waals surface area contributed by atoms with Crippen LogP contribution in [0.15, 0.2) is 30.3 Å². The van der Waals surface area contributed by atoms with Crippen molar-refractivity contribution in [2.24, 2.45) is 29.2 Å². The molecule has 0 spiro atoms. The summed E-state index contributed by atoms with van der Waals surface area (Å²) in [7, 11) is 2.89. The minimum Gasteiger partial charge on any atom is -0.469 e. The third-order valence-electron chi connectivity index (χ3n) is 5.55. The van der Waals surface area contributed by atoms with E-state index in [1.807, 2.05) is 37.3 Å². The maximum Gasteiger partial charge on any atom is 0.309 e. The summed E-state index contributed by atoms with van der Waals surface area (Å²) in [6, 6.07) is 9.90. The van der Waals surface area contributed by atoms with Gasteiger partial charge in [-0.1, -0.05) is 50.1 Å². The second kappa shape index (κ2) is 12.6. The maximum absolute atomic E-state index is 13.0. The SMILES string of the molecule is CC[C@@H](C(=O)C[C@H](Cc1ccccc1)C(=O)OC)[C@H]1CCCC[C@H]1N.CN. The molecule has 4 N–H and O–H groups in total. The van der Waals surface area contributed by atoms with Crippen LogP contribution in [-0.4, -0.2) is 32.0 Å². The van der Waals surface area contributed by atoms with Gasteiger partial charge < -0.3 is 16.2 Å². The Labute approximate surface area is 163 Å². The molecule has 4 atom stereocenters. The molecule has 1 fully saturated rings. The van der Waals surface area contributed by atoms with Gasteiger partial charge in [-0.05, 0) is 44.2 Å². The molecular weight excluding hydrogens is 340 g/mol. The first-order valence-electron chi connectivity index (χ1n) is 10.0. The molecule has 1 saturated carbocycles. The van der Waals surface area contributed by atoms with E-state index in [-0.39, 0.29) is 36.1 Å². The zero-order chi connectivity index (χ0) is 20.2. The van der Waals surface area contributed by atoms with Crippen LogP contribution in [0.5, 0.6) is 0 Å². The molecule has 0 heterocycles. The van der Waals surface area contributed by atoms with Crippen molar-refractivity contribution in [1.29, 1.82) is 0 Å². The minimum atomic E-state index is -0.422. The Balaban J connectivity index is 0.00000176. The standard InChI is InChI=1S/C21H31NO3.CH5N/c1-3-17(18-11-7-8-12-19(18)22)20(23)14-16(21(24)25-2)13-15-9-5-4-6-10-15;1-2/h4-6,9-10,16-19H,3,7-8,11-14,22H2,1-2H3;2H2,1H3/t16-,17+,18+,19+;/m0./s1. The fraction of sp³-hybridized carbons (Fsp3) is 0.636. The summed E-state index contributed by atoms with van der Waals surface area (Å²) >= 11 is 0. The molecule has 5 nitrogen and oxygen atoms in total. The molecule has 1 aromatic carbocycles. The molecular formula is C22H36N2O3. The lowest BCUT2D eigenvalue weighted by Gasteiger charge is -2.34. The number of ketones is 1. The molecule has 0 aromatic heterocycles. The number of ether oxygens (including phenoxy) is 1. The molecule has 27 heavy (non-hydrogen) atoms. The fourth-order valence-corrected chi connectivity index (χ4v) is 4.16. The number of carbonyl (C=O) groups excluding carboxylic acids is 2. The topological polar surface area (TPSA) is 95.4 Å². The number of hydrogen-bond acceptors (Lipinski definition) is 5. The van der Waals surface area contributed by atoms with Crippen molar-refractivity contribution >= 4 is 11.8 Å². The molecule has 0 saturated heterocycles. The van der Waals surface area contributed by atoms with Crippen LogP contribution in [0.4, 0.5) is 0 Å². The van der Waals surface area contributed by atoms with E-state index in [4.69, 9.17) is 10.5 Å². The minimum absolute atomic E-state index is 0.0433. The predicted molar refractivity (Wildman–Crippen MR) is 109 cm³/mol. The zero-order valence-electron chi connectivity index (χ0n) is 17.0. The molecule has 152 valence electrons. The number of nitrogens with two attached hydrogens (primary N) is 2. The Morgan fingerprint density at radius 3 is 2.33 bits per heavy atom. The van der Waals surface area contributed by atoms with E-state index in [1.54, 1.807) is 0 Å². The molecule has 1 aliphatic carbocycles. The second-order valence-corrected chi connectivity index (χ2v) is 7.21. The lowest BCUT2D eigenvalue weighted by atomic mass is 9.72. The van der Waals surface area contributed by atoms with Gasteiger partial charge in [0, 0.05) is 18.4 Å². The summed E-state index contributed by atoms with van der Waals surface area (Å²) in [5.41, 5.74) is 11.8. The van der Waals surface area contributed by atoms with Crippen molar-refractivity contribution in [3.8, 4) is 0 Å². The fourth-order valence-electron chi connectivity index (χ4n) is 4.16. The van der Waals surface area contributed by atoms with Gasteiger partial charge in [-0.25, -0.2) is 0 Å². The Hall–Kier alpha value is -1.72. The van der Waals surface area contributed by atoms with E-state index in [0.29, 0.717) is 6.42 Å². The van der Waals surface area contributed by atoms with Crippen molar-refractivity contribution in [2.45, 2.75) is 57.9 Å². The zero-order valence-corrected chi connectivity index (χ0v) is 17.0. The highest BCUT2D eigenvalue weighted by Gasteiger charge is 2.35. The first-order chi connectivity index (χ1) is 13.1. The van der Waals surface area contributed by atoms with Gasteiger partial charge in [0.05, 0.1) is 13.0 Å². The Morgan fingerprint density at radius 2 is 1.78 bits per heavy atom. The van der Waals surface area contributed by atoms with E-state index >= 15 is 0 Å². The lowest BCUT2D eigenvalue weighted by molar-refractivity contribution is -0.147. The summed E-state index contributed by atoms with van der Waals surface area (Å²) in [5.74, 6) is -0.357. The molecule has 0 radical (unpaired) electrons. The summed E-state index contributed by atoms with van der Waals surface area (Å²) < 4.78 is 4.95. The van der Waals surface area contributed by atoms with E-state index in [2.05, 4.69) is 5.73 Å². The predicted octanol–water partition coefficient (Wildman–Crippen LogP) is 3.10. The summed E-state index contributed by atoms with van der Waals surface area (Å²) in [6.07, 6.45) is 5.88. The van der Waals surface area contributed by atoms with E-state index in [9.17, 15) is 9.59 Å². The number of methoxy groups -OCH3 is 1. The number of carbonyl (C=O) groups is 2. The van der Waals surface area contributed by atoms with Crippen LogP contribution in [0.25, 0.3) is 0 Å². The van der Waals surface area contributed by atoms with Gasteiger partial charge in [-0.15, -0.1) is 0 Å². The third-order valence-corrected chi connectivity index (χ3v) is 5.55. The van der Waals surface area contributed by atoms with E-state index < -0.39 is 5.92 Å². The third kappa shape index (κ3) is 7.07. The van der Waals surface area contributed by atoms with Crippen LogP contribution in [0.2, 0.25) is 0 Å². The van der Waals surface area contributed by atoms with Crippen molar-refractivity contribution in [2.75, 3.05) is 14.2 Å². The van der Waals surface area contributed by atoms with Gasteiger partial charge in [0.25, 0.3) is 0 Å². The second-order valence-electron chi connectivity index (χ2n) is 7.21. The quantitative estimate of drug-likeness (QED) is 0.680. The number of rotatable bonds is 8. The molecule has 2 rings (SSSR count). The summed E-state index contributed by atoms with van der Waals surface area (Å²) in [4.78, 5) is 25.2. The Bertz CT molecular complexity index is 562. The lowest BCUT2D eigenvalue weighted by Crippen LogP contribution is -2.41. The van der Waals surface area contributed by atoms with E-state index in [0.717, 1.165) is 37.7 Å². The molecule has 0 amide bonds. The van der Waals surface area contributed by atoms with Gasteiger partial charge in [0.2, 0.25) is 0 Å². The summed E-state index contributed by atoms with van der Waals surface area (Å²) in [5, 5.41) is 0. The molecule has 1 aromatic rings.